The molecule has 0 aliphatic rings. The maximum atomic E-state index is 13.4. The number of hydrogen-bond donors (Lipinski definition) is 1. The molecule has 0 amide bonds. The Morgan fingerprint density at radius 3 is 2.75 bits per heavy atom. The van der Waals surface area contributed by atoms with Crippen LogP contribution in [0.3, 0.4) is 0 Å². The molecule has 1 heterocycles. The van der Waals surface area contributed by atoms with Crippen LogP contribution in [0.25, 0.3) is 0 Å². The third-order valence-corrected chi connectivity index (χ3v) is 3.01. The highest BCUT2D eigenvalue weighted by Crippen LogP contribution is 2.23. The monoisotopic (exact) mass is 239 g/mol. The number of benzene rings is 1. The lowest BCUT2D eigenvalue weighted by Gasteiger charge is -2.15. The third-order valence-electron chi connectivity index (χ3n) is 2.33. The van der Waals surface area contributed by atoms with Gasteiger partial charge in [-0.1, -0.05) is 0 Å². The van der Waals surface area contributed by atoms with Crippen molar-refractivity contribution in [3.8, 4) is 0 Å². The van der Waals surface area contributed by atoms with Gasteiger partial charge in [-0.15, -0.1) is 0 Å². The Morgan fingerprint density at radius 2 is 2.06 bits per heavy atom. The van der Waals surface area contributed by atoms with Crippen molar-refractivity contribution in [3.63, 3.8) is 0 Å². The van der Waals surface area contributed by atoms with E-state index in [1.165, 1.54) is 6.07 Å². The minimum absolute atomic E-state index is 0.259. The van der Waals surface area contributed by atoms with Crippen LogP contribution in [0.5, 0.6) is 0 Å². The molecule has 0 bridgehead atoms. The second-order valence-corrected chi connectivity index (χ2v) is 4.32. The van der Waals surface area contributed by atoms with Crippen LogP contribution < -0.4 is 5.32 Å². The fraction of sp³-hybridized carbons (Fsp3) is 0.167. The summed E-state index contributed by atoms with van der Waals surface area (Å²) in [4.78, 5) is 0. The number of thiophene rings is 1. The second kappa shape index (κ2) is 4.61. The average Bonchev–Trinajstić information content (AvgIpc) is 2.74. The fourth-order valence-corrected chi connectivity index (χ4v) is 2.12. The molecule has 0 fully saturated rings. The predicted molar refractivity (Wildman–Crippen MR) is 62.7 cm³/mol. The molecule has 1 unspecified atom stereocenters. The van der Waals surface area contributed by atoms with Crippen LogP contribution in [0, 0.1) is 11.6 Å². The van der Waals surface area contributed by atoms with E-state index in [9.17, 15) is 8.78 Å². The van der Waals surface area contributed by atoms with Crippen LogP contribution in [0.4, 0.5) is 14.5 Å². The molecule has 1 atom stereocenters. The normalized spacial score (nSPS) is 12.4. The lowest BCUT2D eigenvalue weighted by Crippen LogP contribution is -2.08. The van der Waals surface area contributed by atoms with Crippen LogP contribution in [-0.4, -0.2) is 0 Å². The SMILES string of the molecule is CC(Nc1ccsc1)c1cc(F)ccc1F. The maximum absolute atomic E-state index is 13.4. The van der Waals surface area contributed by atoms with Gasteiger partial charge in [0.15, 0.2) is 0 Å². The zero-order valence-corrected chi connectivity index (χ0v) is 9.52. The predicted octanol–water partition coefficient (Wildman–Crippen LogP) is 4.20. The van der Waals surface area contributed by atoms with Gasteiger partial charge in [0.2, 0.25) is 0 Å². The summed E-state index contributed by atoms with van der Waals surface area (Å²) >= 11 is 1.55. The quantitative estimate of drug-likeness (QED) is 0.846. The Bertz CT molecular complexity index is 468. The molecule has 16 heavy (non-hydrogen) atoms. The van der Waals surface area contributed by atoms with Crippen molar-refractivity contribution in [2.45, 2.75) is 13.0 Å². The zero-order valence-electron chi connectivity index (χ0n) is 8.71. The molecule has 0 aliphatic heterocycles. The van der Waals surface area contributed by atoms with Gasteiger partial charge < -0.3 is 5.32 Å². The molecule has 1 nitrogen and oxygen atoms in total. The van der Waals surface area contributed by atoms with Crippen LogP contribution in [0.15, 0.2) is 35.0 Å². The van der Waals surface area contributed by atoms with E-state index in [0.29, 0.717) is 5.56 Å². The van der Waals surface area contributed by atoms with Gasteiger partial charge in [0.25, 0.3) is 0 Å². The zero-order chi connectivity index (χ0) is 11.5. The van der Waals surface area contributed by atoms with E-state index in [1.807, 2.05) is 16.8 Å². The first-order valence-electron chi connectivity index (χ1n) is 4.90. The summed E-state index contributed by atoms with van der Waals surface area (Å²) in [5.41, 5.74) is 1.26. The molecule has 2 aromatic rings. The molecule has 1 N–H and O–H groups in total. The summed E-state index contributed by atoms with van der Waals surface area (Å²) in [6.07, 6.45) is 0. The Kier molecular flexibility index (Phi) is 3.19. The first-order chi connectivity index (χ1) is 7.66. The number of anilines is 1. The van der Waals surface area contributed by atoms with Crippen LogP contribution >= 0.6 is 11.3 Å². The first kappa shape index (κ1) is 11.1. The van der Waals surface area contributed by atoms with Crippen molar-refractivity contribution < 1.29 is 8.78 Å². The maximum Gasteiger partial charge on any atom is 0.128 e. The molecule has 84 valence electrons. The van der Waals surface area contributed by atoms with Crippen molar-refractivity contribution in [2.75, 3.05) is 5.32 Å². The van der Waals surface area contributed by atoms with Crippen molar-refractivity contribution in [1.82, 2.24) is 0 Å². The van der Waals surface area contributed by atoms with E-state index < -0.39 is 11.6 Å². The average molecular weight is 239 g/mol. The highest BCUT2D eigenvalue weighted by molar-refractivity contribution is 7.08. The molecule has 0 radical (unpaired) electrons. The largest absolute Gasteiger partial charge is 0.378 e. The lowest BCUT2D eigenvalue weighted by molar-refractivity contribution is 0.577. The standard InChI is InChI=1S/C12H11F2NS/c1-8(15-10-4-5-16-7-10)11-6-9(13)2-3-12(11)14/h2-8,15H,1H3. The number of hydrogen-bond acceptors (Lipinski definition) is 2. The van der Waals surface area contributed by atoms with Crippen molar-refractivity contribution in [3.05, 3.63) is 52.2 Å². The molecule has 1 aromatic heterocycles. The van der Waals surface area contributed by atoms with Crippen molar-refractivity contribution >= 4 is 17.0 Å². The van der Waals surface area contributed by atoms with E-state index >= 15 is 0 Å². The first-order valence-corrected chi connectivity index (χ1v) is 5.85. The van der Waals surface area contributed by atoms with Gasteiger partial charge in [0.1, 0.15) is 11.6 Å². The molecule has 0 saturated carbocycles. The molecule has 4 heteroatoms. The van der Waals surface area contributed by atoms with Gasteiger partial charge in [-0.3, -0.25) is 0 Å². The van der Waals surface area contributed by atoms with Gasteiger partial charge >= 0.3 is 0 Å². The number of halogens is 2. The second-order valence-electron chi connectivity index (χ2n) is 3.54. The van der Waals surface area contributed by atoms with Crippen LogP contribution in [0.1, 0.15) is 18.5 Å². The van der Waals surface area contributed by atoms with E-state index in [2.05, 4.69) is 5.32 Å². The number of rotatable bonds is 3. The van der Waals surface area contributed by atoms with Crippen LogP contribution in [0.2, 0.25) is 0 Å². The molecule has 2 rings (SSSR count). The topological polar surface area (TPSA) is 12.0 Å². The molecule has 0 saturated heterocycles. The Morgan fingerprint density at radius 1 is 1.25 bits per heavy atom. The molecular weight excluding hydrogens is 228 g/mol. The summed E-state index contributed by atoms with van der Waals surface area (Å²) in [7, 11) is 0. The van der Waals surface area contributed by atoms with Gasteiger partial charge in [0, 0.05) is 16.6 Å². The van der Waals surface area contributed by atoms with Crippen molar-refractivity contribution in [1.29, 1.82) is 0 Å². The molecule has 0 aliphatic carbocycles. The van der Waals surface area contributed by atoms with Crippen molar-refractivity contribution in [2.24, 2.45) is 0 Å². The Hall–Kier alpha value is -1.42. The van der Waals surface area contributed by atoms with Gasteiger partial charge in [-0.05, 0) is 36.6 Å². The summed E-state index contributed by atoms with van der Waals surface area (Å²) in [6, 6.07) is 5.13. The molecule has 0 spiro atoms. The Labute approximate surface area is 96.7 Å². The minimum atomic E-state index is -0.421. The van der Waals surface area contributed by atoms with Gasteiger partial charge in [-0.2, -0.15) is 11.3 Å². The van der Waals surface area contributed by atoms with E-state index in [0.717, 1.165) is 17.8 Å². The summed E-state index contributed by atoms with van der Waals surface area (Å²) < 4.78 is 26.4. The summed E-state index contributed by atoms with van der Waals surface area (Å²) in [5, 5.41) is 6.96. The minimum Gasteiger partial charge on any atom is -0.378 e. The van der Waals surface area contributed by atoms with Gasteiger partial charge in [-0.25, -0.2) is 8.78 Å². The fourth-order valence-electron chi connectivity index (χ4n) is 1.52. The highest BCUT2D eigenvalue weighted by Gasteiger charge is 2.11. The third kappa shape index (κ3) is 2.39. The molecular formula is C12H11F2NS. The van der Waals surface area contributed by atoms with Gasteiger partial charge in [0.05, 0.1) is 6.04 Å². The van der Waals surface area contributed by atoms with E-state index in [-0.39, 0.29) is 6.04 Å². The van der Waals surface area contributed by atoms with E-state index in [4.69, 9.17) is 0 Å². The Balaban J connectivity index is 2.20. The molecule has 1 aromatic carbocycles. The smallest absolute Gasteiger partial charge is 0.128 e. The van der Waals surface area contributed by atoms with Crippen LogP contribution in [-0.2, 0) is 0 Å². The summed E-state index contributed by atoms with van der Waals surface area (Å²) in [5.74, 6) is -0.813. The van der Waals surface area contributed by atoms with E-state index in [1.54, 1.807) is 18.3 Å². The number of nitrogens with one attached hydrogen (secondary N) is 1. The highest BCUT2D eigenvalue weighted by atomic mass is 32.1. The summed E-state index contributed by atoms with van der Waals surface area (Å²) in [6.45, 7) is 1.80. The lowest BCUT2D eigenvalue weighted by atomic mass is 10.1.